The van der Waals surface area contributed by atoms with Crippen molar-refractivity contribution in [3.05, 3.63) is 35.6 Å². The number of hydrogen-bond acceptors (Lipinski definition) is 3. The first kappa shape index (κ1) is 14.4. The molecule has 2 fully saturated rings. The molecule has 4 heteroatoms. The topological polar surface area (TPSA) is 29.5 Å². The molecule has 2 heterocycles. The molecule has 0 saturated carbocycles. The van der Waals surface area contributed by atoms with Crippen LogP contribution in [-0.2, 0) is 4.74 Å². The summed E-state index contributed by atoms with van der Waals surface area (Å²) in [6.45, 7) is 0.710. The Morgan fingerprint density at radius 2 is 2.15 bits per heavy atom. The van der Waals surface area contributed by atoms with E-state index in [9.17, 15) is 9.50 Å². The number of benzene rings is 1. The molecule has 2 aliphatic rings. The van der Waals surface area contributed by atoms with Crippen LogP contribution in [0.25, 0.3) is 0 Å². The Kier molecular flexibility index (Phi) is 4.34. The molecule has 0 aromatic heterocycles. The van der Waals surface area contributed by atoms with E-state index in [0.717, 1.165) is 37.2 Å². The molecule has 2 nitrogen and oxygen atoms in total. The number of hydrogen-bond donors (Lipinski definition) is 1. The lowest BCUT2D eigenvalue weighted by atomic mass is 9.78. The Morgan fingerprint density at radius 1 is 1.35 bits per heavy atom. The zero-order valence-electron chi connectivity index (χ0n) is 11.6. The van der Waals surface area contributed by atoms with Crippen LogP contribution in [-0.4, -0.2) is 28.8 Å². The Labute approximate surface area is 123 Å². The van der Waals surface area contributed by atoms with Crippen LogP contribution in [0.15, 0.2) is 24.3 Å². The average Bonchev–Trinajstić information content (AvgIpc) is 2.47. The maximum atomic E-state index is 13.3. The van der Waals surface area contributed by atoms with Gasteiger partial charge in [-0.1, -0.05) is 12.1 Å². The molecule has 2 saturated heterocycles. The van der Waals surface area contributed by atoms with Crippen molar-refractivity contribution in [2.45, 2.75) is 37.4 Å². The highest BCUT2D eigenvalue weighted by atomic mass is 32.2. The summed E-state index contributed by atoms with van der Waals surface area (Å²) in [6, 6.07) is 6.34. The highest BCUT2D eigenvalue weighted by Gasteiger charge is 2.41. The zero-order chi connectivity index (χ0) is 14.0. The highest BCUT2D eigenvalue weighted by molar-refractivity contribution is 7.99. The molecule has 0 amide bonds. The van der Waals surface area contributed by atoms with Crippen LogP contribution in [0.4, 0.5) is 4.39 Å². The third-order valence-electron chi connectivity index (χ3n) is 4.57. The maximum Gasteiger partial charge on any atom is 0.123 e. The van der Waals surface area contributed by atoms with E-state index in [-0.39, 0.29) is 17.3 Å². The van der Waals surface area contributed by atoms with Crippen LogP contribution in [0, 0.1) is 11.7 Å². The van der Waals surface area contributed by atoms with Crippen molar-refractivity contribution >= 4 is 11.8 Å². The first-order chi connectivity index (χ1) is 9.69. The van der Waals surface area contributed by atoms with Crippen molar-refractivity contribution in [3.8, 4) is 0 Å². The molecule has 2 atom stereocenters. The largest absolute Gasteiger partial charge is 0.388 e. The molecular weight excluding hydrogens is 275 g/mol. The number of thioether (sulfide) groups is 1. The van der Waals surface area contributed by atoms with E-state index < -0.39 is 6.10 Å². The van der Waals surface area contributed by atoms with Gasteiger partial charge in [0, 0.05) is 6.61 Å². The lowest BCUT2D eigenvalue weighted by Crippen LogP contribution is -2.44. The van der Waals surface area contributed by atoms with E-state index in [4.69, 9.17) is 4.74 Å². The van der Waals surface area contributed by atoms with Crippen molar-refractivity contribution in [2.75, 3.05) is 18.1 Å². The maximum absolute atomic E-state index is 13.3. The van der Waals surface area contributed by atoms with E-state index in [1.807, 2.05) is 17.8 Å². The van der Waals surface area contributed by atoms with Gasteiger partial charge < -0.3 is 9.84 Å². The molecule has 2 aliphatic heterocycles. The fourth-order valence-electron chi connectivity index (χ4n) is 3.39. The second-order valence-electron chi connectivity index (χ2n) is 5.90. The summed E-state index contributed by atoms with van der Waals surface area (Å²) in [6.07, 6.45) is 3.31. The van der Waals surface area contributed by atoms with Crippen molar-refractivity contribution in [3.63, 3.8) is 0 Å². The average molecular weight is 296 g/mol. The predicted molar refractivity (Wildman–Crippen MR) is 79.3 cm³/mol. The number of rotatable bonds is 2. The zero-order valence-corrected chi connectivity index (χ0v) is 12.4. The van der Waals surface area contributed by atoms with Crippen molar-refractivity contribution in [1.29, 1.82) is 0 Å². The van der Waals surface area contributed by atoms with Crippen LogP contribution < -0.4 is 0 Å². The molecule has 1 aromatic carbocycles. The summed E-state index contributed by atoms with van der Waals surface area (Å²) in [5.41, 5.74) is 0.653. The Hall–Kier alpha value is -0.580. The monoisotopic (exact) mass is 296 g/mol. The summed E-state index contributed by atoms with van der Waals surface area (Å²) < 4.78 is 19.4. The van der Waals surface area contributed by atoms with E-state index in [1.54, 1.807) is 6.07 Å². The van der Waals surface area contributed by atoms with Crippen molar-refractivity contribution in [1.82, 2.24) is 0 Å². The Bertz CT molecular complexity index is 454. The smallest absolute Gasteiger partial charge is 0.123 e. The van der Waals surface area contributed by atoms with Gasteiger partial charge in [-0.2, -0.15) is 11.8 Å². The molecule has 0 aliphatic carbocycles. The van der Waals surface area contributed by atoms with Crippen LogP contribution in [0.5, 0.6) is 0 Å². The lowest BCUT2D eigenvalue weighted by Gasteiger charge is -2.44. The predicted octanol–water partition coefficient (Wildman–Crippen LogP) is 3.55. The normalized spacial score (nSPS) is 27.4. The molecule has 1 aromatic rings. The summed E-state index contributed by atoms with van der Waals surface area (Å²) in [4.78, 5) is 0. The van der Waals surface area contributed by atoms with Crippen molar-refractivity contribution in [2.24, 2.45) is 5.92 Å². The van der Waals surface area contributed by atoms with Gasteiger partial charge in [0.05, 0.1) is 11.7 Å². The second-order valence-corrected chi connectivity index (χ2v) is 7.12. The van der Waals surface area contributed by atoms with Crippen LogP contribution in [0.2, 0.25) is 0 Å². The Morgan fingerprint density at radius 3 is 2.90 bits per heavy atom. The first-order valence-corrected chi connectivity index (χ1v) is 8.49. The molecule has 20 heavy (non-hydrogen) atoms. The molecule has 0 radical (unpaired) electrons. The standard InChI is InChI=1S/C16H21FO2S/c17-14-3-1-2-12(10-14)15(18)13-4-7-19-16(11-13)5-8-20-9-6-16/h1-3,10,13,15,18H,4-9,11H2. The van der Waals surface area contributed by atoms with E-state index in [0.29, 0.717) is 12.2 Å². The van der Waals surface area contributed by atoms with Gasteiger partial charge in [0.1, 0.15) is 5.82 Å². The quantitative estimate of drug-likeness (QED) is 0.905. The number of ether oxygens (including phenoxy) is 1. The fourth-order valence-corrected chi connectivity index (χ4v) is 4.63. The molecule has 1 N–H and O–H groups in total. The van der Waals surface area contributed by atoms with Gasteiger partial charge in [-0.25, -0.2) is 4.39 Å². The van der Waals surface area contributed by atoms with Gasteiger partial charge >= 0.3 is 0 Å². The molecule has 2 unspecified atom stereocenters. The van der Waals surface area contributed by atoms with Gasteiger partial charge in [-0.05, 0) is 60.8 Å². The van der Waals surface area contributed by atoms with Crippen LogP contribution in [0.1, 0.15) is 37.4 Å². The molecule has 3 rings (SSSR count). The van der Waals surface area contributed by atoms with Crippen molar-refractivity contribution < 1.29 is 14.2 Å². The van der Waals surface area contributed by atoms with Crippen LogP contribution in [0.3, 0.4) is 0 Å². The molecule has 1 spiro atoms. The lowest BCUT2D eigenvalue weighted by molar-refractivity contribution is -0.121. The minimum atomic E-state index is -0.582. The highest BCUT2D eigenvalue weighted by Crippen LogP contribution is 2.43. The fraction of sp³-hybridized carbons (Fsp3) is 0.625. The van der Waals surface area contributed by atoms with Gasteiger partial charge in [-0.3, -0.25) is 0 Å². The number of halogens is 1. The SMILES string of the molecule is OC(c1cccc(F)c1)C1CCOC2(CCSCC2)C1. The van der Waals surface area contributed by atoms with Gasteiger partial charge in [0.2, 0.25) is 0 Å². The van der Waals surface area contributed by atoms with Gasteiger partial charge in [0.25, 0.3) is 0 Å². The molecule has 0 bridgehead atoms. The Balaban J connectivity index is 1.73. The summed E-state index contributed by atoms with van der Waals surface area (Å²) in [7, 11) is 0. The summed E-state index contributed by atoms with van der Waals surface area (Å²) >= 11 is 1.98. The third kappa shape index (κ3) is 3.02. The van der Waals surface area contributed by atoms with Crippen LogP contribution >= 0.6 is 11.8 Å². The minimum Gasteiger partial charge on any atom is -0.388 e. The molecule has 110 valence electrons. The molecular formula is C16H21FO2S. The first-order valence-electron chi connectivity index (χ1n) is 7.34. The van der Waals surface area contributed by atoms with E-state index in [2.05, 4.69) is 0 Å². The van der Waals surface area contributed by atoms with E-state index in [1.165, 1.54) is 12.1 Å². The van der Waals surface area contributed by atoms with E-state index >= 15 is 0 Å². The van der Waals surface area contributed by atoms with Gasteiger partial charge in [-0.15, -0.1) is 0 Å². The van der Waals surface area contributed by atoms with Gasteiger partial charge in [0.15, 0.2) is 0 Å². The summed E-state index contributed by atoms with van der Waals surface area (Å²) in [5, 5.41) is 10.6. The minimum absolute atomic E-state index is 0.0392. The summed E-state index contributed by atoms with van der Waals surface area (Å²) in [5.74, 6) is 2.18. The second kappa shape index (κ2) is 6.04. The number of aliphatic hydroxyl groups excluding tert-OH is 1. The third-order valence-corrected chi connectivity index (χ3v) is 5.56. The number of aliphatic hydroxyl groups is 1.